The first-order valence-electron chi connectivity index (χ1n) is 7.68. The van der Waals surface area contributed by atoms with Crippen LogP contribution in [0.4, 0.5) is 14.8 Å². The summed E-state index contributed by atoms with van der Waals surface area (Å²) in [5.41, 5.74) is -0.765. The molecule has 0 saturated carbocycles. The van der Waals surface area contributed by atoms with Crippen LogP contribution in [-0.4, -0.2) is 45.8 Å². The summed E-state index contributed by atoms with van der Waals surface area (Å²) in [5, 5.41) is 10.5. The maximum Gasteiger partial charge on any atom is 0.316 e. The minimum Gasteiger partial charge on any atom is -0.403 e. The molecule has 1 aliphatic rings. The van der Waals surface area contributed by atoms with Crippen LogP contribution in [0.15, 0.2) is 28.7 Å². The first kappa shape index (κ1) is 16.4. The van der Waals surface area contributed by atoms with Crippen LogP contribution >= 0.6 is 0 Å². The normalized spacial score (nSPS) is 21.8. The van der Waals surface area contributed by atoms with Crippen molar-refractivity contribution < 1.29 is 18.0 Å². The van der Waals surface area contributed by atoms with Crippen LogP contribution in [0.1, 0.15) is 20.3 Å². The number of halogens is 2. The molecule has 1 aliphatic heterocycles. The number of rotatable bonds is 4. The van der Waals surface area contributed by atoms with E-state index in [2.05, 4.69) is 15.5 Å². The van der Waals surface area contributed by atoms with Gasteiger partial charge in [-0.15, -0.1) is 5.10 Å². The Balaban J connectivity index is 1.64. The van der Waals surface area contributed by atoms with E-state index in [9.17, 15) is 13.6 Å². The lowest BCUT2D eigenvalue weighted by atomic mass is 10.1. The number of carbonyl (C=O) groups excluding carboxylic acids is 1. The molecule has 1 aromatic heterocycles. The number of carbonyl (C=O) groups is 1. The molecule has 6 nitrogen and oxygen atoms in total. The SMILES string of the molecule is C[C@@H](Nc1nnc(-c2ccc(F)cc2)o1)C(=O)N1CC[C@](C)(F)C1. The second-order valence-electron chi connectivity index (χ2n) is 6.21. The van der Waals surface area contributed by atoms with Crippen molar-refractivity contribution in [1.82, 2.24) is 15.1 Å². The third-order valence-electron chi connectivity index (χ3n) is 3.96. The van der Waals surface area contributed by atoms with Crippen LogP contribution in [0.25, 0.3) is 11.5 Å². The number of alkyl halides is 1. The Kier molecular flexibility index (Phi) is 4.21. The van der Waals surface area contributed by atoms with Crippen LogP contribution in [-0.2, 0) is 4.79 Å². The molecule has 8 heteroatoms. The average molecular weight is 336 g/mol. The van der Waals surface area contributed by atoms with Crippen molar-refractivity contribution in [3.05, 3.63) is 30.1 Å². The quantitative estimate of drug-likeness (QED) is 0.929. The Morgan fingerprint density at radius 3 is 2.71 bits per heavy atom. The molecule has 1 N–H and O–H groups in total. The molecule has 0 spiro atoms. The predicted octanol–water partition coefficient (Wildman–Crippen LogP) is 2.64. The van der Waals surface area contributed by atoms with Gasteiger partial charge in [0.25, 0.3) is 0 Å². The fourth-order valence-corrected chi connectivity index (χ4v) is 2.62. The van der Waals surface area contributed by atoms with Crippen molar-refractivity contribution in [2.24, 2.45) is 0 Å². The number of nitrogens with zero attached hydrogens (tertiary/aromatic N) is 3. The maximum absolute atomic E-state index is 13.8. The molecule has 2 atom stereocenters. The summed E-state index contributed by atoms with van der Waals surface area (Å²) in [5.74, 6) is -0.367. The molecule has 0 aliphatic carbocycles. The Bertz CT molecular complexity index is 730. The van der Waals surface area contributed by atoms with E-state index in [1.807, 2.05) is 0 Å². The molecule has 0 radical (unpaired) electrons. The lowest BCUT2D eigenvalue weighted by Crippen LogP contribution is -2.41. The zero-order valence-electron chi connectivity index (χ0n) is 13.4. The highest BCUT2D eigenvalue weighted by atomic mass is 19.1. The number of amides is 1. The lowest BCUT2D eigenvalue weighted by molar-refractivity contribution is -0.131. The van der Waals surface area contributed by atoms with Gasteiger partial charge in [0, 0.05) is 18.5 Å². The first-order valence-corrected chi connectivity index (χ1v) is 7.68. The van der Waals surface area contributed by atoms with Gasteiger partial charge in [-0.2, -0.15) is 0 Å². The Labute approximate surface area is 137 Å². The lowest BCUT2D eigenvalue weighted by Gasteiger charge is -2.21. The molecular weight excluding hydrogens is 318 g/mol. The summed E-state index contributed by atoms with van der Waals surface area (Å²) in [6.45, 7) is 3.62. The second kappa shape index (κ2) is 6.18. The fraction of sp³-hybridized carbons (Fsp3) is 0.438. The Morgan fingerprint density at radius 1 is 1.38 bits per heavy atom. The van der Waals surface area contributed by atoms with Gasteiger partial charge in [-0.05, 0) is 38.1 Å². The van der Waals surface area contributed by atoms with Crippen LogP contribution < -0.4 is 5.32 Å². The van der Waals surface area contributed by atoms with Gasteiger partial charge < -0.3 is 14.6 Å². The molecular formula is C16H18F2N4O2. The van der Waals surface area contributed by atoms with E-state index < -0.39 is 11.7 Å². The largest absolute Gasteiger partial charge is 0.403 e. The number of hydrogen-bond acceptors (Lipinski definition) is 5. The monoisotopic (exact) mass is 336 g/mol. The molecule has 0 bridgehead atoms. The minimum absolute atomic E-state index is 0.0809. The number of nitrogens with one attached hydrogen (secondary N) is 1. The molecule has 1 saturated heterocycles. The summed E-state index contributed by atoms with van der Waals surface area (Å²) in [6.07, 6.45) is 0.334. The van der Waals surface area contributed by atoms with Crippen LogP contribution in [0.3, 0.4) is 0 Å². The van der Waals surface area contributed by atoms with Gasteiger partial charge in [0.15, 0.2) is 0 Å². The van der Waals surface area contributed by atoms with Crippen molar-refractivity contribution in [3.63, 3.8) is 0 Å². The average Bonchev–Trinajstić information content (AvgIpc) is 3.13. The third kappa shape index (κ3) is 3.52. The molecule has 128 valence electrons. The molecule has 0 unspecified atom stereocenters. The number of hydrogen-bond donors (Lipinski definition) is 1. The van der Waals surface area contributed by atoms with E-state index in [4.69, 9.17) is 4.42 Å². The van der Waals surface area contributed by atoms with Crippen LogP contribution in [0, 0.1) is 5.82 Å². The summed E-state index contributed by atoms with van der Waals surface area (Å²) in [7, 11) is 0. The van der Waals surface area contributed by atoms with Gasteiger partial charge in [-0.25, -0.2) is 8.78 Å². The van der Waals surface area contributed by atoms with Gasteiger partial charge in [0.05, 0.1) is 6.54 Å². The van der Waals surface area contributed by atoms with Crippen molar-refractivity contribution >= 4 is 11.9 Å². The summed E-state index contributed by atoms with van der Waals surface area (Å²) >= 11 is 0. The summed E-state index contributed by atoms with van der Waals surface area (Å²) in [6, 6.07) is 5.08. The van der Waals surface area contributed by atoms with E-state index in [1.54, 1.807) is 6.92 Å². The van der Waals surface area contributed by atoms with Crippen molar-refractivity contribution in [2.45, 2.75) is 32.0 Å². The number of aromatic nitrogens is 2. The van der Waals surface area contributed by atoms with E-state index in [0.717, 1.165) is 0 Å². The maximum atomic E-state index is 13.8. The molecule has 3 rings (SSSR count). The smallest absolute Gasteiger partial charge is 0.316 e. The molecule has 1 fully saturated rings. The molecule has 24 heavy (non-hydrogen) atoms. The van der Waals surface area contributed by atoms with Gasteiger partial charge in [-0.3, -0.25) is 4.79 Å². The van der Waals surface area contributed by atoms with Gasteiger partial charge in [0.2, 0.25) is 11.8 Å². The van der Waals surface area contributed by atoms with Gasteiger partial charge in [-0.1, -0.05) is 5.10 Å². The highest BCUT2D eigenvalue weighted by molar-refractivity contribution is 5.84. The first-order chi connectivity index (χ1) is 11.3. The van der Waals surface area contributed by atoms with Crippen molar-refractivity contribution in [2.75, 3.05) is 18.4 Å². The topological polar surface area (TPSA) is 71.3 Å². The molecule has 2 aromatic rings. The van der Waals surface area contributed by atoms with E-state index in [1.165, 1.54) is 36.1 Å². The second-order valence-corrected chi connectivity index (χ2v) is 6.21. The highest BCUT2D eigenvalue weighted by Gasteiger charge is 2.37. The Hall–Kier alpha value is -2.51. The molecule has 2 heterocycles. The van der Waals surface area contributed by atoms with Crippen LogP contribution in [0.5, 0.6) is 0 Å². The standard InChI is InChI=1S/C16H18F2N4O2/c1-10(14(23)22-8-7-16(2,18)9-22)19-15-21-20-13(24-15)11-3-5-12(17)6-4-11/h3-6,10H,7-9H2,1-2H3,(H,19,21)/t10-,16+/m1/s1. The highest BCUT2D eigenvalue weighted by Crippen LogP contribution is 2.25. The van der Waals surface area contributed by atoms with Gasteiger partial charge >= 0.3 is 6.01 Å². The molecule has 1 aromatic carbocycles. The number of likely N-dealkylation sites (tertiary alicyclic amines) is 1. The van der Waals surface area contributed by atoms with E-state index >= 15 is 0 Å². The third-order valence-corrected chi connectivity index (χ3v) is 3.96. The van der Waals surface area contributed by atoms with Gasteiger partial charge in [0.1, 0.15) is 17.5 Å². The zero-order valence-corrected chi connectivity index (χ0v) is 13.4. The number of benzene rings is 1. The van der Waals surface area contributed by atoms with E-state index in [0.29, 0.717) is 18.5 Å². The van der Waals surface area contributed by atoms with Crippen molar-refractivity contribution in [1.29, 1.82) is 0 Å². The Morgan fingerprint density at radius 2 is 2.08 bits per heavy atom. The summed E-state index contributed by atoms with van der Waals surface area (Å²) in [4.78, 5) is 13.8. The minimum atomic E-state index is -1.34. The fourth-order valence-electron chi connectivity index (χ4n) is 2.62. The zero-order chi connectivity index (χ0) is 17.3. The number of anilines is 1. The van der Waals surface area contributed by atoms with Crippen LogP contribution in [0.2, 0.25) is 0 Å². The molecule has 1 amide bonds. The van der Waals surface area contributed by atoms with Crippen molar-refractivity contribution in [3.8, 4) is 11.5 Å². The predicted molar refractivity (Wildman–Crippen MR) is 83.5 cm³/mol. The summed E-state index contributed by atoms with van der Waals surface area (Å²) < 4.78 is 32.2. The van der Waals surface area contributed by atoms with E-state index in [-0.39, 0.29) is 30.2 Å².